The van der Waals surface area contributed by atoms with Crippen molar-refractivity contribution < 1.29 is 19.3 Å². The first-order chi connectivity index (χ1) is 12.7. The molecule has 146 valence electrons. The number of ether oxygens (including phenoxy) is 1. The molecule has 1 fully saturated rings. The lowest BCUT2D eigenvalue weighted by molar-refractivity contribution is -0.385. The van der Waals surface area contributed by atoms with Crippen LogP contribution in [0.3, 0.4) is 0 Å². The number of nitro benzene ring substituents is 1. The van der Waals surface area contributed by atoms with Crippen LogP contribution in [-0.4, -0.2) is 35.7 Å². The molecule has 0 bridgehead atoms. The lowest BCUT2D eigenvalue weighted by atomic mass is 9.95. The van der Waals surface area contributed by atoms with E-state index in [-0.39, 0.29) is 23.0 Å². The van der Waals surface area contributed by atoms with Gasteiger partial charge < -0.3 is 9.57 Å². The third kappa shape index (κ3) is 5.66. The number of carbonyl (C=O) groups excluding carboxylic acids is 1. The van der Waals surface area contributed by atoms with Gasteiger partial charge in [0.2, 0.25) is 0 Å². The number of nitrogens with zero attached hydrogens (tertiary/aromatic N) is 3. The molecule has 1 aliphatic rings. The van der Waals surface area contributed by atoms with Gasteiger partial charge in [-0.2, -0.15) is 5.26 Å². The van der Waals surface area contributed by atoms with E-state index in [4.69, 9.17) is 9.57 Å². The van der Waals surface area contributed by atoms with E-state index in [9.17, 15) is 20.2 Å². The summed E-state index contributed by atoms with van der Waals surface area (Å²) in [4.78, 5) is 27.7. The average Bonchev–Trinajstić information content (AvgIpc) is 2.62. The maximum Gasteiger partial charge on any atom is 0.330 e. The van der Waals surface area contributed by atoms with Crippen molar-refractivity contribution in [2.45, 2.75) is 40.0 Å². The van der Waals surface area contributed by atoms with Crippen LogP contribution in [0.2, 0.25) is 0 Å². The van der Waals surface area contributed by atoms with Gasteiger partial charge in [0.15, 0.2) is 5.56 Å². The molecule has 2 rings (SSSR count). The molecule has 0 aromatic heterocycles. The molecule has 1 aromatic carbocycles. The van der Waals surface area contributed by atoms with Crippen LogP contribution >= 0.6 is 0 Å². The first-order valence-electron chi connectivity index (χ1n) is 9.00. The van der Waals surface area contributed by atoms with Gasteiger partial charge in [0.05, 0.1) is 16.9 Å². The maximum absolute atomic E-state index is 11.9. The van der Waals surface area contributed by atoms with Crippen LogP contribution in [0, 0.1) is 32.8 Å². The summed E-state index contributed by atoms with van der Waals surface area (Å²) in [7, 11) is 0. The van der Waals surface area contributed by atoms with Crippen LogP contribution in [0.4, 0.5) is 5.69 Å². The first-order valence-corrected chi connectivity index (χ1v) is 9.00. The summed E-state index contributed by atoms with van der Waals surface area (Å²) < 4.78 is 5.63. The molecule has 0 N–H and O–H groups in total. The first kappa shape index (κ1) is 20.6. The number of nitro groups is 1. The lowest BCUT2D eigenvalue weighted by Gasteiger charge is -2.32. The Hall–Kier alpha value is -2.66. The summed E-state index contributed by atoms with van der Waals surface area (Å²) in [6.07, 6.45) is 2.52. The predicted molar refractivity (Wildman–Crippen MR) is 97.8 cm³/mol. The van der Waals surface area contributed by atoms with Gasteiger partial charge in [0.1, 0.15) is 11.8 Å². The van der Waals surface area contributed by atoms with Crippen molar-refractivity contribution >= 4 is 11.7 Å². The van der Waals surface area contributed by atoms with Crippen molar-refractivity contribution in [3.63, 3.8) is 0 Å². The molecule has 0 aliphatic carbocycles. The fourth-order valence-corrected chi connectivity index (χ4v) is 2.78. The van der Waals surface area contributed by atoms with Gasteiger partial charge in [-0.3, -0.25) is 10.1 Å². The fraction of sp³-hybridized carbons (Fsp3) is 0.579. The maximum atomic E-state index is 11.9. The second kappa shape index (κ2) is 8.82. The Bertz CT molecular complexity index is 728. The highest BCUT2D eigenvalue weighted by Crippen LogP contribution is 2.28. The zero-order valence-corrected chi connectivity index (χ0v) is 15.9. The molecular weight excluding hydrogens is 350 g/mol. The fourth-order valence-electron chi connectivity index (χ4n) is 2.78. The largest absolute Gasteiger partial charge is 0.492 e. The molecule has 8 nitrogen and oxygen atoms in total. The highest BCUT2D eigenvalue weighted by Gasteiger charge is 2.28. The van der Waals surface area contributed by atoms with Crippen molar-refractivity contribution in [2.75, 3.05) is 19.7 Å². The summed E-state index contributed by atoms with van der Waals surface area (Å²) in [6, 6.07) is 6.22. The second-order valence-corrected chi connectivity index (χ2v) is 7.66. The topological polar surface area (TPSA) is 106 Å². The van der Waals surface area contributed by atoms with Gasteiger partial charge in [-0.25, -0.2) is 4.79 Å². The quantitative estimate of drug-likeness (QED) is 0.554. The van der Waals surface area contributed by atoms with Gasteiger partial charge >= 0.3 is 5.97 Å². The number of benzene rings is 1. The molecule has 0 saturated carbocycles. The van der Waals surface area contributed by atoms with Gasteiger partial charge in [0, 0.05) is 19.2 Å². The Kier molecular flexibility index (Phi) is 6.75. The van der Waals surface area contributed by atoms with E-state index < -0.39 is 10.3 Å². The van der Waals surface area contributed by atoms with E-state index in [1.54, 1.807) is 11.1 Å². The summed E-state index contributed by atoms with van der Waals surface area (Å²) in [5, 5.41) is 21.9. The standard InChI is InChI=1S/C19H25N3O5/c1-19(2,3)18(23)27-21-10-7-14(8-11-21)9-12-26-17-6-4-5-16(22(24)25)15(17)13-20/h4-6,14H,7-12H2,1-3H3. The van der Waals surface area contributed by atoms with Crippen LogP contribution < -0.4 is 4.74 Å². The van der Waals surface area contributed by atoms with Crippen LogP contribution in [0.5, 0.6) is 5.75 Å². The Morgan fingerprint density at radius 3 is 2.59 bits per heavy atom. The van der Waals surface area contributed by atoms with Crippen LogP contribution in [0.1, 0.15) is 45.6 Å². The minimum absolute atomic E-state index is 0.0496. The molecule has 1 heterocycles. The van der Waals surface area contributed by atoms with Crippen molar-refractivity contribution in [3.8, 4) is 11.8 Å². The summed E-state index contributed by atoms with van der Waals surface area (Å²) in [6.45, 7) is 7.19. The van der Waals surface area contributed by atoms with Crippen LogP contribution in [-0.2, 0) is 9.63 Å². The SMILES string of the molecule is CC(C)(C)C(=O)ON1CCC(CCOc2cccc([N+](=O)[O-])c2C#N)CC1. The van der Waals surface area contributed by atoms with E-state index in [2.05, 4.69) is 0 Å². The lowest BCUT2D eigenvalue weighted by Crippen LogP contribution is -2.39. The van der Waals surface area contributed by atoms with Gasteiger partial charge in [0.25, 0.3) is 5.69 Å². The average molecular weight is 375 g/mol. The molecular formula is C19H25N3O5. The normalized spacial score (nSPS) is 15.8. The van der Waals surface area contributed by atoms with Gasteiger partial charge in [-0.05, 0) is 52.0 Å². The molecule has 0 unspecified atom stereocenters. The third-order valence-electron chi connectivity index (χ3n) is 4.49. The monoisotopic (exact) mass is 375 g/mol. The molecule has 8 heteroatoms. The minimum Gasteiger partial charge on any atom is -0.492 e. The highest BCUT2D eigenvalue weighted by atomic mass is 16.7. The number of hydrogen-bond donors (Lipinski definition) is 0. The van der Waals surface area contributed by atoms with E-state index in [0.717, 1.165) is 19.3 Å². The summed E-state index contributed by atoms with van der Waals surface area (Å²) in [5.41, 5.74) is -0.822. The Morgan fingerprint density at radius 1 is 1.37 bits per heavy atom. The summed E-state index contributed by atoms with van der Waals surface area (Å²) in [5.74, 6) is 0.418. The van der Waals surface area contributed by atoms with Crippen LogP contribution in [0.15, 0.2) is 18.2 Å². The number of piperidine rings is 1. The minimum atomic E-state index is -0.583. The van der Waals surface area contributed by atoms with Crippen molar-refractivity contribution in [1.82, 2.24) is 5.06 Å². The second-order valence-electron chi connectivity index (χ2n) is 7.66. The zero-order valence-electron chi connectivity index (χ0n) is 15.9. The van der Waals surface area contributed by atoms with E-state index >= 15 is 0 Å². The van der Waals surface area contributed by atoms with Crippen LogP contribution in [0.25, 0.3) is 0 Å². The van der Waals surface area contributed by atoms with E-state index in [0.29, 0.717) is 25.6 Å². The van der Waals surface area contributed by atoms with Crippen molar-refractivity contribution in [1.29, 1.82) is 5.26 Å². The molecule has 0 radical (unpaired) electrons. The molecule has 0 amide bonds. The smallest absolute Gasteiger partial charge is 0.330 e. The van der Waals surface area contributed by atoms with E-state index in [1.165, 1.54) is 12.1 Å². The number of carbonyl (C=O) groups is 1. The summed E-state index contributed by atoms with van der Waals surface area (Å²) >= 11 is 0. The third-order valence-corrected chi connectivity index (χ3v) is 4.49. The molecule has 0 atom stereocenters. The Labute approximate surface area is 158 Å². The number of rotatable bonds is 6. The number of nitriles is 1. The van der Waals surface area contributed by atoms with Crippen molar-refractivity contribution in [2.24, 2.45) is 11.3 Å². The van der Waals surface area contributed by atoms with Gasteiger partial charge in [-0.15, -0.1) is 5.06 Å². The molecule has 27 heavy (non-hydrogen) atoms. The van der Waals surface area contributed by atoms with Gasteiger partial charge in [-0.1, -0.05) is 6.07 Å². The Balaban J connectivity index is 1.80. The predicted octanol–water partition coefficient (Wildman–Crippen LogP) is 3.45. The van der Waals surface area contributed by atoms with E-state index in [1.807, 2.05) is 26.8 Å². The molecule has 1 aromatic rings. The molecule has 0 spiro atoms. The number of hydrogen-bond acceptors (Lipinski definition) is 7. The Morgan fingerprint density at radius 2 is 2.04 bits per heavy atom. The molecule has 1 saturated heterocycles. The molecule has 1 aliphatic heterocycles. The highest BCUT2D eigenvalue weighted by molar-refractivity contribution is 5.75. The van der Waals surface area contributed by atoms with Crippen molar-refractivity contribution in [3.05, 3.63) is 33.9 Å². The zero-order chi connectivity index (χ0) is 20.0. The number of hydroxylamine groups is 2.